The normalized spacial score (nSPS) is 28.6. The minimum atomic E-state index is -0.835. The third-order valence-corrected chi connectivity index (χ3v) is 5.07. The number of carbonyl (C=O) groups is 2. The first kappa shape index (κ1) is 21.3. The average Bonchev–Trinajstić information content (AvgIpc) is 2.95. The van der Waals surface area contributed by atoms with Gasteiger partial charge in [0.1, 0.15) is 23.2 Å². The van der Waals surface area contributed by atoms with Crippen molar-refractivity contribution in [2.45, 2.75) is 70.6 Å². The Morgan fingerprint density at radius 2 is 1.97 bits per heavy atom. The molecule has 7 nitrogen and oxygen atoms in total. The van der Waals surface area contributed by atoms with Crippen molar-refractivity contribution in [3.05, 3.63) is 29.3 Å². The highest BCUT2D eigenvalue weighted by Gasteiger charge is 2.44. The van der Waals surface area contributed by atoms with E-state index in [0.717, 1.165) is 0 Å². The number of carbonyl (C=O) groups excluding carboxylic acids is 2. The highest BCUT2D eigenvalue weighted by molar-refractivity contribution is 5.97. The standard InChI is InChI=1S/C22H28O7/c1-13-7-5-9-16(23)20-18(28-22(2,3)29-20)10-6-8-14-11-15(26-4)12-17(24)19(14)21(25)27-13/h6,8,11-13,18,20,24H,5,7,9-10H2,1-4H3/b8-6+/t13-,18+,20-/m0/s1. The fourth-order valence-corrected chi connectivity index (χ4v) is 3.71. The van der Waals surface area contributed by atoms with Crippen LogP contribution in [0.1, 0.15) is 62.4 Å². The van der Waals surface area contributed by atoms with E-state index in [1.165, 1.54) is 13.2 Å². The Kier molecular flexibility index (Phi) is 6.29. The van der Waals surface area contributed by atoms with Crippen LogP contribution in [-0.4, -0.2) is 48.1 Å². The maximum atomic E-state index is 12.7. The number of phenolic OH excluding ortho intramolecular Hbond substituents is 1. The molecule has 0 amide bonds. The van der Waals surface area contributed by atoms with E-state index in [1.807, 2.05) is 0 Å². The number of methoxy groups -OCH3 is 1. The van der Waals surface area contributed by atoms with Gasteiger partial charge in [0.05, 0.1) is 19.3 Å². The number of benzene rings is 1. The Bertz CT molecular complexity index is 812. The van der Waals surface area contributed by atoms with Gasteiger partial charge in [-0.3, -0.25) is 4.79 Å². The molecule has 1 aromatic rings. The summed E-state index contributed by atoms with van der Waals surface area (Å²) < 4.78 is 22.5. The van der Waals surface area contributed by atoms with Gasteiger partial charge in [-0.15, -0.1) is 0 Å². The highest BCUT2D eigenvalue weighted by atomic mass is 16.8. The van der Waals surface area contributed by atoms with Gasteiger partial charge in [-0.1, -0.05) is 12.2 Å². The van der Waals surface area contributed by atoms with E-state index in [0.29, 0.717) is 37.0 Å². The lowest BCUT2D eigenvalue weighted by Gasteiger charge is -2.18. The minimum absolute atomic E-state index is 0.00993. The first-order valence-electron chi connectivity index (χ1n) is 9.87. The van der Waals surface area contributed by atoms with E-state index in [1.54, 1.807) is 39.0 Å². The summed E-state index contributed by atoms with van der Waals surface area (Å²) >= 11 is 0. The van der Waals surface area contributed by atoms with E-state index in [4.69, 9.17) is 18.9 Å². The summed E-state index contributed by atoms with van der Waals surface area (Å²) in [6, 6.07) is 3.04. The Morgan fingerprint density at radius 3 is 2.69 bits per heavy atom. The van der Waals surface area contributed by atoms with Crippen LogP contribution in [0.15, 0.2) is 18.2 Å². The van der Waals surface area contributed by atoms with Crippen LogP contribution >= 0.6 is 0 Å². The number of cyclic esters (lactones) is 1. The Balaban J connectivity index is 1.97. The Labute approximate surface area is 170 Å². The second kappa shape index (κ2) is 8.55. The molecule has 2 aliphatic heterocycles. The number of fused-ring (bicyclic) bond motifs is 2. The number of ether oxygens (including phenoxy) is 4. The van der Waals surface area contributed by atoms with Gasteiger partial charge >= 0.3 is 5.97 Å². The van der Waals surface area contributed by atoms with Gasteiger partial charge in [0.25, 0.3) is 0 Å². The number of ketones is 1. The topological polar surface area (TPSA) is 91.3 Å². The molecule has 1 aromatic carbocycles. The predicted molar refractivity (Wildman–Crippen MR) is 106 cm³/mol. The molecule has 0 radical (unpaired) electrons. The van der Waals surface area contributed by atoms with Crippen molar-refractivity contribution < 1.29 is 33.6 Å². The summed E-state index contributed by atoms with van der Waals surface area (Å²) in [5.41, 5.74) is 0.555. The summed E-state index contributed by atoms with van der Waals surface area (Å²) in [7, 11) is 1.48. The van der Waals surface area contributed by atoms with Gasteiger partial charge in [-0.25, -0.2) is 4.79 Å². The molecular weight excluding hydrogens is 376 g/mol. The molecule has 1 saturated heterocycles. The Morgan fingerprint density at radius 1 is 1.21 bits per heavy atom. The maximum Gasteiger partial charge on any atom is 0.342 e. The summed E-state index contributed by atoms with van der Waals surface area (Å²) in [4.78, 5) is 25.3. The second-order valence-electron chi connectivity index (χ2n) is 7.92. The first-order chi connectivity index (χ1) is 13.7. The smallest absolute Gasteiger partial charge is 0.342 e. The van der Waals surface area contributed by atoms with E-state index in [2.05, 4.69) is 0 Å². The molecule has 0 aromatic heterocycles. The van der Waals surface area contributed by atoms with Crippen LogP contribution in [0.4, 0.5) is 0 Å². The van der Waals surface area contributed by atoms with Gasteiger partial charge < -0.3 is 24.1 Å². The van der Waals surface area contributed by atoms with E-state index in [-0.39, 0.29) is 17.1 Å². The average molecular weight is 404 g/mol. The van der Waals surface area contributed by atoms with E-state index in [9.17, 15) is 14.7 Å². The van der Waals surface area contributed by atoms with E-state index >= 15 is 0 Å². The zero-order chi connectivity index (χ0) is 21.2. The Hall–Kier alpha value is -2.38. The molecule has 3 atom stereocenters. The molecular formula is C22H28O7. The molecule has 0 aliphatic carbocycles. The van der Waals surface area contributed by atoms with Crippen molar-refractivity contribution in [1.82, 2.24) is 0 Å². The fourth-order valence-electron chi connectivity index (χ4n) is 3.71. The second-order valence-corrected chi connectivity index (χ2v) is 7.92. The highest BCUT2D eigenvalue weighted by Crippen LogP contribution is 2.33. The quantitative estimate of drug-likeness (QED) is 0.715. The summed E-state index contributed by atoms with van der Waals surface area (Å²) in [5, 5.41) is 10.4. The van der Waals surface area contributed by atoms with Gasteiger partial charge in [0, 0.05) is 12.5 Å². The number of aromatic hydroxyl groups is 1. The third-order valence-electron chi connectivity index (χ3n) is 5.07. The van der Waals surface area contributed by atoms with Crippen LogP contribution in [0.3, 0.4) is 0 Å². The lowest BCUT2D eigenvalue weighted by molar-refractivity contribution is -0.154. The number of hydrogen-bond donors (Lipinski definition) is 1. The van der Waals surface area contributed by atoms with Crippen molar-refractivity contribution in [3.8, 4) is 11.5 Å². The zero-order valence-corrected chi connectivity index (χ0v) is 17.3. The molecule has 7 heteroatoms. The number of hydrogen-bond acceptors (Lipinski definition) is 7. The van der Waals surface area contributed by atoms with Crippen LogP contribution < -0.4 is 4.74 Å². The van der Waals surface area contributed by atoms with Crippen molar-refractivity contribution in [3.63, 3.8) is 0 Å². The molecule has 0 bridgehead atoms. The SMILES string of the molecule is COc1cc(O)c2c(c1)/C=C/C[C@H]1OC(C)(C)O[C@H]1C(=O)CCC[C@H](C)OC2=O. The largest absolute Gasteiger partial charge is 0.507 e. The van der Waals surface area contributed by atoms with Gasteiger partial charge in [-0.05, 0) is 51.7 Å². The number of Topliss-reactive ketones (excluding diaryl/α,β-unsaturated/α-hetero) is 1. The molecule has 2 aliphatic rings. The van der Waals surface area contributed by atoms with Gasteiger partial charge in [-0.2, -0.15) is 0 Å². The monoisotopic (exact) mass is 404 g/mol. The lowest BCUT2D eigenvalue weighted by atomic mass is 9.99. The van der Waals surface area contributed by atoms with Crippen molar-refractivity contribution in [2.75, 3.05) is 7.11 Å². The summed E-state index contributed by atoms with van der Waals surface area (Å²) in [6.07, 6.45) is 3.90. The molecule has 29 heavy (non-hydrogen) atoms. The molecule has 0 saturated carbocycles. The molecule has 2 heterocycles. The third kappa shape index (κ3) is 4.97. The van der Waals surface area contributed by atoms with Crippen LogP contribution in [0, 0.1) is 0 Å². The lowest BCUT2D eigenvalue weighted by Crippen LogP contribution is -2.31. The van der Waals surface area contributed by atoms with Crippen LogP contribution in [0.2, 0.25) is 0 Å². The number of esters is 1. The molecule has 0 unspecified atom stereocenters. The number of rotatable bonds is 1. The molecule has 1 fully saturated rings. The summed E-state index contributed by atoms with van der Waals surface area (Å²) in [5.74, 6) is -1.24. The minimum Gasteiger partial charge on any atom is -0.507 e. The van der Waals surface area contributed by atoms with Gasteiger partial charge in [0.15, 0.2) is 11.6 Å². The zero-order valence-electron chi connectivity index (χ0n) is 17.3. The molecule has 0 spiro atoms. The maximum absolute atomic E-state index is 12.7. The van der Waals surface area contributed by atoms with Gasteiger partial charge in [0.2, 0.25) is 0 Å². The number of phenols is 1. The predicted octanol–water partition coefficient (Wildman–Crippen LogP) is 3.62. The van der Waals surface area contributed by atoms with Crippen molar-refractivity contribution >= 4 is 17.8 Å². The fraction of sp³-hybridized carbons (Fsp3) is 0.545. The summed E-state index contributed by atoms with van der Waals surface area (Å²) in [6.45, 7) is 5.35. The van der Waals surface area contributed by atoms with Crippen LogP contribution in [-0.2, 0) is 19.0 Å². The molecule has 158 valence electrons. The van der Waals surface area contributed by atoms with Crippen LogP contribution in [0.5, 0.6) is 11.5 Å². The van der Waals surface area contributed by atoms with Crippen molar-refractivity contribution in [1.29, 1.82) is 0 Å². The van der Waals surface area contributed by atoms with Crippen LogP contribution in [0.25, 0.3) is 6.08 Å². The first-order valence-corrected chi connectivity index (χ1v) is 9.87. The molecule has 3 rings (SSSR count). The van der Waals surface area contributed by atoms with Crippen molar-refractivity contribution in [2.24, 2.45) is 0 Å². The van der Waals surface area contributed by atoms with E-state index < -0.39 is 30.1 Å². The molecule has 1 N–H and O–H groups in total.